The molecule has 3 rings (SSSR count). The topological polar surface area (TPSA) is 25.2 Å². The fourth-order valence-corrected chi connectivity index (χ4v) is 3.49. The van der Waals surface area contributed by atoms with Crippen molar-refractivity contribution < 1.29 is 5.11 Å². The molecule has 0 aliphatic heterocycles. The van der Waals surface area contributed by atoms with Crippen molar-refractivity contribution in [3.63, 3.8) is 0 Å². The summed E-state index contributed by atoms with van der Waals surface area (Å²) in [5.41, 5.74) is 3.43. The molecule has 0 saturated heterocycles. The van der Waals surface area contributed by atoms with Crippen LogP contribution < -0.4 is 0 Å². The molecular formula is C16H17BrClNO. The van der Waals surface area contributed by atoms with Crippen LogP contribution in [0.15, 0.2) is 34.9 Å². The van der Waals surface area contributed by atoms with Crippen molar-refractivity contribution in [1.82, 2.24) is 4.57 Å². The lowest BCUT2D eigenvalue weighted by molar-refractivity contribution is 0.0987. The summed E-state index contributed by atoms with van der Waals surface area (Å²) in [6.45, 7) is 4.41. The maximum Gasteiger partial charge on any atom is 0.0812 e. The van der Waals surface area contributed by atoms with Crippen LogP contribution in [-0.4, -0.2) is 9.67 Å². The van der Waals surface area contributed by atoms with Crippen molar-refractivity contribution in [3.8, 4) is 5.69 Å². The highest BCUT2D eigenvalue weighted by Gasteiger charge is 2.33. The number of halogens is 2. The van der Waals surface area contributed by atoms with Crippen molar-refractivity contribution in [2.24, 2.45) is 5.41 Å². The number of hydrogen-bond donors (Lipinski definition) is 1. The lowest BCUT2D eigenvalue weighted by Gasteiger charge is -2.34. The molecule has 1 aromatic carbocycles. The van der Waals surface area contributed by atoms with E-state index in [1.54, 1.807) is 0 Å². The van der Waals surface area contributed by atoms with E-state index in [4.69, 9.17) is 11.6 Å². The summed E-state index contributed by atoms with van der Waals surface area (Å²) in [4.78, 5) is 0. The molecule has 1 N–H and O–H groups in total. The first-order valence-electron chi connectivity index (χ1n) is 6.71. The zero-order valence-electron chi connectivity index (χ0n) is 11.5. The van der Waals surface area contributed by atoms with Crippen LogP contribution in [0.2, 0.25) is 5.02 Å². The summed E-state index contributed by atoms with van der Waals surface area (Å²) >= 11 is 9.53. The second kappa shape index (κ2) is 4.90. The van der Waals surface area contributed by atoms with Gasteiger partial charge in [0.1, 0.15) is 0 Å². The third-order valence-electron chi connectivity index (χ3n) is 3.96. The highest BCUT2D eigenvalue weighted by molar-refractivity contribution is 9.10. The molecular weight excluding hydrogens is 338 g/mol. The molecule has 0 spiro atoms. The summed E-state index contributed by atoms with van der Waals surface area (Å²) in [5.74, 6) is 0. The second-order valence-electron chi connectivity index (χ2n) is 6.25. The van der Waals surface area contributed by atoms with Crippen LogP contribution in [0, 0.1) is 5.41 Å². The molecule has 0 fully saturated rings. The monoisotopic (exact) mass is 353 g/mol. The van der Waals surface area contributed by atoms with Crippen LogP contribution in [0.4, 0.5) is 0 Å². The molecule has 1 aliphatic rings. The molecule has 1 heterocycles. The Morgan fingerprint density at radius 3 is 2.80 bits per heavy atom. The Morgan fingerprint density at radius 2 is 2.10 bits per heavy atom. The van der Waals surface area contributed by atoms with Crippen molar-refractivity contribution in [2.45, 2.75) is 32.8 Å². The Hall–Kier alpha value is -0.770. The minimum Gasteiger partial charge on any atom is -0.388 e. The molecule has 2 aromatic rings. The Balaban J connectivity index is 2.10. The van der Waals surface area contributed by atoms with Crippen LogP contribution in [0.25, 0.3) is 5.69 Å². The molecule has 0 radical (unpaired) electrons. The van der Waals surface area contributed by atoms with Gasteiger partial charge in [0.05, 0.1) is 11.1 Å². The number of hydrogen-bond acceptors (Lipinski definition) is 1. The van der Waals surface area contributed by atoms with Crippen molar-refractivity contribution >= 4 is 27.5 Å². The molecule has 0 saturated carbocycles. The molecule has 1 aliphatic carbocycles. The first-order chi connectivity index (χ1) is 9.37. The van der Waals surface area contributed by atoms with Gasteiger partial charge in [-0.25, -0.2) is 0 Å². The van der Waals surface area contributed by atoms with Crippen molar-refractivity contribution in [1.29, 1.82) is 0 Å². The average Bonchev–Trinajstić information content (AvgIpc) is 2.75. The lowest BCUT2D eigenvalue weighted by atomic mass is 9.75. The maximum atomic E-state index is 10.3. The Morgan fingerprint density at radius 1 is 1.35 bits per heavy atom. The van der Waals surface area contributed by atoms with E-state index in [9.17, 15) is 5.11 Å². The van der Waals surface area contributed by atoms with Gasteiger partial charge in [0.25, 0.3) is 0 Å². The summed E-state index contributed by atoms with van der Waals surface area (Å²) < 4.78 is 3.04. The molecule has 20 heavy (non-hydrogen) atoms. The van der Waals surface area contributed by atoms with Crippen molar-refractivity contribution in [2.75, 3.05) is 0 Å². The molecule has 1 unspecified atom stereocenters. The van der Waals surface area contributed by atoms with Gasteiger partial charge >= 0.3 is 0 Å². The second-order valence-corrected chi connectivity index (χ2v) is 7.51. The highest BCUT2D eigenvalue weighted by Crippen LogP contribution is 2.42. The fraction of sp³-hybridized carbons (Fsp3) is 0.375. The standard InChI is InChI=1S/C16H17BrClNO/c1-16(2)8-14-11(15(20)9-16)5-6-19(14)10-3-4-13(18)12(17)7-10/h3-7,15,20H,8-9H2,1-2H3. The first-order valence-corrected chi connectivity index (χ1v) is 7.88. The number of aliphatic hydroxyl groups excluding tert-OH is 1. The summed E-state index contributed by atoms with van der Waals surface area (Å²) in [5, 5.41) is 11.0. The molecule has 0 bridgehead atoms. The molecule has 1 aromatic heterocycles. The number of benzene rings is 1. The van der Waals surface area contributed by atoms with Crippen LogP contribution in [0.3, 0.4) is 0 Å². The summed E-state index contributed by atoms with van der Waals surface area (Å²) in [7, 11) is 0. The molecule has 0 amide bonds. The Labute approximate surface area is 132 Å². The van der Waals surface area contributed by atoms with E-state index in [2.05, 4.69) is 34.3 Å². The number of fused-ring (bicyclic) bond motifs is 1. The van der Waals surface area contributed by atoms with Gasteiger partial charge in [-0.2, -0.15) is 0 Å². The first kappa shape index (κ1) is 14.2. The zero-order valence-corrected chi connectivity index (χ0v) is 13.9. The molecule has 106 valence electrons. The fourth-order valence-electron chi connectivity index (χ4n) is 3.01. The molecule has 4 heteroatoms. The Kier molecular flexibility index (Phi) is 3.47. The summed E-state index contributed by atoms with van der Waals surface area (Å²) in [6.07, 6.45) is 3.44. The van der Waals surface area contributed by atoms with E-state index in [-0.39, 0.29) is 11.5 Å². The lowest BCUT2D eigenvalue weighted by Crippen LogP contribution is -2.26. The van der Waals surface area contributed by atoms with E-state index in [0.29, 0.717) is 5.02 Å². The van der Waals surface area contributed by atoms with Crippen LogP contribution >= 0.6 is 27.5 Å². The van der Waals surface area contributed by atoms with E-state index in [1.165, 1.54) is 5.69 Å². The molecule has 1 atom stereocenters. The van der Waals surface area contributed by atoms with E-state index in [0.717, 1.165) is 28.6 Å². The van der Waals surface area contributed by atoms with Gasteiger partial charge in [-0.1, -0.05) is 25.4 Å². The predicted octanol–water partition coefficient (Wildman–Crippen LogP) is 4.90. The van der Waals surface area contributed by atoms with Gasteiger partial charge < -0.3 is 9.67 Å². The van der Waals surface area contributed by atoms with Crippen LogP contribution in [0.5, 0.6) is 0 Å². The quantitative estimate of drug-likeness (QED) is 0.774. The van der Waals surface area contributed by atoms with Gasteiger partial charge in [-0.05, 0) is 58.5 Å². The van der Waals surface area contributed by atoms with E-state index in [1.807, 2.05) is 30.5 Å². The SMILES string of the molecule is CC1(C)Cc2c(ccn2-c2ccc(Cl)c(Br)c2)C(O)C1. The zero-order chi connectivity index (χ0) is 14.5. The van der Waals surface area contributed by atoms with Crippen LogP contribution in [-0.2, 0) is 6.42 Å². The maximum absolute atomic E-state index is 10.3. The average molecular weight is 355 g/mol. The summed E-state index contributed by atoms with van der Waals surface area (Å²) in [6, 6.07) is 7.92. The minimum atomic E-state index is -0.370. The third-order valence-corrected chi connectivity index (χ3v) is 5.17. The highest BCUT2D eigenvalue weighted by atomic mass is 79.9. The van der Waals surface area contributed by atoms with E-state index < -0.39 is 0 Å². The third kappa shape index (κ3) is 2.43. The van der Waals surface area contributed by atoms with Gasteiger partial charge in [-0.3, -0.25) is 0 Å². The predicted molar refractivity (Wildman–Crippen MR) is 85.5 cm³/mol. The van der Waals surface area contributed by atoms with Gasteiger partial charge in [0, 0.05) is 27.6 Å². The largest absolute Gasteiger partial charge is 0.388 e. The van der Waals surface area contributed by atoms with Gasteiger partial charge in [0.15, 0.2) is 0 Å². The molecule has 2 nitrogen and oxygen atoms in total. The smallest absolute Gasteiger partial charge is 0.0812 e. The van der Waals surface area contributed by atoms with Gasteiger partial charge in [0.2, 0.25) is 0 Å². The van der Waals surface area contributed by atoms with Gasteiger partial charge in [-0.15, -0.1) is 0 Å². The van der Waals surface area contributed by atoms with E-state index >= 15 is 0 Å². The number of aromatic nitrogens is 1. The van der Waals surface area contributed by atoms with Crippen molar-refractivity contribution in [3.05, 3.63) is 51.2 Å². The minimum absolute atomic E-state index is 0.117. The number of rotatable bonds is 1. The number of nitrogens with zero attached hydrogens (tertiary/aromatic N) is 1. The normalized spacial score (nSPS) is 20.8. The van der Waals surface area contributed by atoms with Crippen LogP contribution in [0.1, 0.15) is 37.6 Å². The number of aliphatic hydroxyl groups is 1. The Bertz CT molecular complexity index is 662.